The van der Waals surface area contributed by atoms with Crippen LogP contribution in [0.5, 0.6) is 0 Å². The van der Waals surface area contributed by atoms with E-state index in [4.69, 9.17) is 0 Å². The highest BCUT2D eigenvalue weighted by atomic mass is 15.2. The fraction of sp³-hybridized carbons (Fsp3) is 0.750. The smallest absolute Gasteiger partial charge is 0.0569 e. The molecule has 0 saturated carbocycles. The Morgan fingerprint density at radius 3 is 2.58 bits per heavy atom. The molecule has 3 nitrogen and oxygen atoms in total. The van der Waals surface area contributed by atoms with Gasteiger partial charge in [0.25, 0.3) is 0 Å². The van der Waals surface area contributed by atoms with E-state index in [2.05, 4.69) is 54.5 Å². The fourth-order valence-electron chi connectivity index (χ4n) is 2.81. The molecule has 0 radical (unpaired) electrons. The summed E-state index contributed by atoms with van der Waals surface area (Å²) in [5.74, 6) is 0. The Morgan fingerprint density at radius 2 is 2.00 bits per heavy atom. The lowest BCUT2D eigenvalue weighted by Crippen LogP contribution is -2.53. The van der Waals surface area contributed by atoms with Crippen molar-refractivity contribution >= 4 is 0 Å². The van der Waals surface area contributed by atoms with E-state index in [0.717, 1.165) is 13.1 Å². The molecule has 2 unspecified atom stereocenters. The lowest BCUT2D eigenvalue weighted by Gasteiger charge is -2.41. The monoisotopic (exact) mass is 263 g/mol. The zero-order valence-corrected chi connectivity index (χ0v) is 12.7. The minimum atomic E-state index is 0.218. The second-order valence-electron chi connectivity index (χ2n) is 6.74. The van der Waals surface area contributed by atoms with Gasteiger partial charge < -0.3 is 10.6 Å². The van der Waals surface area contributed by atoms with Crippen LogP contribution < -0.4 is 10.6 Å². The molecule has 0 bridgehead atoms. The van der Waals surface area contributed by atoms with Gasteiger partial charge in [0.2, 0.25) is 0 Å². The van der Waals surface area contributed by atoms with Crippen molar-refractivity contribution in [2.75, 3.05) is 19.6 Å². The molecule has 0 aromatic heterocycles. The largest absolute Gasteiger partial charge is 0.383 e. The summed E-state index contributed by atoms with van der Waals surface area (Å²) in [7, 11) is 0. The van der Waals surface area contributed by atoms with E-state index >= 15 is 0 Å². The lowest BCUT2D eigenvalue weighted by atomic mass is 9.99. The zero-order chi connectivity index (χ0) is 13.7. The number of piperidine rings is 1. The third-order valence-electron chi connectivity index (χ3n) is 4.08. The normalized spacial score (nSPS) is 27.6. The average molecular weight is 263 g/mol. The quantitative estimate of drug-likeness (QED) is 0.815. The van der Waals surface area contributed by atoms with Crippen LogP contribution in [0.15, 0.2) is 24.4 Å². The maximum Gasteiger partial charge on any atom is 0.0569 e. The summed E-state index contributed by atoms with van der Waals surface area (Å²) in [4.78, 5) is 2.61. The van der Waals surface area contributed by atoms with Crippen LogP contribution in [0, 0.1) is 0 Å². The maximum atomic E-state index is 3.66. The van der Waals surface area contributed by atoms with Gasteiger partial charge in [-0.25, -0.2) is 0 Å². The molecule has 1 fully saturated rings. The molecular weight excluding hydrogens is 234 g/mol. The molecule has 2 N–H and O–H groups in total. The van der Waals surface area contributed by atoms with Gasteiger partial charge in [0, 0.05) is 24.7 Å². The topological polar surface area (TPSA) is 27.3 Å². The molecule has 2 atom stereocenters. The number of dihydropyridines is 1. The fourth-order valence-corrected chi connectivity index (χ4v) is 2.81. The van der Waals surface area contributed by atoms with Gasteiger partial charge >= 0.3 is 0 Å². The Bertz CT molecular complexity index is 321. The first kappa shape index (κ1) is 14.6. The second-order valence-corrected chi connectivity index (χ2v) is 6.74. The Labute approximate surface area is 118 Å². The Kier molecular flexibility index (Phi) is 5.06. The number of nitrogens with one attached hydrogen (secondary N) is 2. The summed E-state index contributed by atoms with van der Waals surface area (Å²) in [6.07, 6.45) is 12.5. The Balaban J connectivity index is 1.91. The van der Waals surface area contributed by atoms with Crippen molar-refractivity contribution in [1.29, 1.82) is 0 Å². The van der Waals surface area contributed by atoms with Gasteiger partial charge in [0.1, 0.15) is 0 Å². The SMILES string of the molecule is CC(C)(C)N(CC1C=CC=CN1)CC1CCCCN1. The van der Waals surface area contributed by atoms with E-state index in [-0.39, 0.29) is 5.54 Å². The summed E-state index contributed by atoms with van der Waals surface area (Å²) < 4.78 is 0. The summed E-state index contributed by atoms with van der Waals surface area (Å²) >= 11 is 0. The summed E-state index contributed by atoms with van der Waals surface area (Å²) in [6, 6.07) is 1.10. The molecule has 19 heavy (non-hydrogen) atoms. The van der Waals surface area contributed by atoms with Crippen molar-refractivity contribution in [2.45, 2.75) is 57.7 Å². The molecule has 3 heteroatoms. The van der Waals surface area contributed by atoms with Crippen LogP contribution in [0.1, 0.15) is 40.0 Å². The van der Waals surface area contributed by atoms with Gasteiger partial charge in [0.15, 0.2) is 0 Å². The third-order valence-corrected chi connectivity index (χ3v) is 4.08. The second kappa shape index (κ2) is 6.58. The van der Waals surface area contributed by atoms with E-state index in [1.54, 1.807) is 0 Å². The van der Waals surface area contributed by atoms with Crippen LogP contribution in [-0.2, 0) is 0 Å². The van der Waals surface area contributed by atoms with Crippen molar-refractivity contribution in [3.63, 3.8) is 0 Å². The van der Waals surface area contributed by atoms with E-state index in [1.807, 2.05) is 6.20 Å². The van der Waals surface area contributed by atoms with Gasteiger partial charge in [-0.05, 0) is 52.4 Å². The van der Waals surface area contributed by atoms with Gasteiger partial charge in [-0.1, -0.05) is 18.6 Å². The molecule has 0 aromatic rings. The first-order chi connectivity index (χ1) is 9.05. The molecule has 0 aromatic carbocycles. The number of nitrogens with zero attached hydrogens (tertiary/aromatic N) is 1. The van der Waals surface area contributed by atoms with Crippen molar-refractivity contribution < 1.29 is 0 Å². The highest BCUT2D eigenvalue weighted by molar-refractivity contribution is 5.12. The third kappa shape index (κ3) is 4.66. The van der Waals surface area contributed by atoms with Gasteiger partial charge in [-0.3, -0.25) is 4.90 Å². The number of rotatable bonds is 4. The highest BCUT2D eigenvalue weighted by Crippen LogP contribution is 2.18. The van der Waals surface area contributed by atoms with Crippen molar-refractivity contribution in [1.82, 2.24) is 15.5 Å². The zero-order valence-electron chi connectivity index (χ0n) is 12.7. The van der Waals surface area contributed by atoms with Gasteiger partial charge in [-0.2, -0.15) is 0 Å². The minimum Gasteiger partial charge on any atom is -0.383 e. The van der Waals surface area contributed by atoms with Crippen LogP contribution in [-0.4, -0.2) is 42.2 Å². The van der Waals surface area contributed by atoms with Crippen molar-refractivity contribution in [3.05, 3.63) is 24.4 Å². The van der Waals surface area contributed by atoms with Crippen LogP contribution in [0.4, 0.5) is 0 Å². The maximum absolute atomic E-state index is 3.66. The molecule has 108 valence electrons. The number of allylic oxidation sites excluding steroid dienone is 2. The van der Waals surface area contributed by atoms with Gasteiger partial charge in [0.05, 0.1) is 6.04 Å². The summed E-state index contributed by atoms with van der Waals surface area (Å²) in [6.45, 7) is 10.4. The van der Waals surface area contributed by atoms with Gasteiger partial charge in [-0.15, -0.1) is 0 Å². The first-order valence-electron chi connectivity index (χ1n) is 7.63. The Hall–Kier alpha value is -0.800. The van der Waals surface area contributed by atoms with E-state index < -0.39 is 0 Å². The summed E-state index contributed by atoms with van der Waals surface area (Å²) in [5.41, 5.74) is 0.218. The van der Waals surface area contributed by atoms with Crippen LogP contribution in [0.25, 0.3) is 0 Å². The molecule has 2 aliphatic heterocycles. The first-order valence-corrected chi connectivity index (χ1v) is 7.63. The van der Waals surface area contributed by atoms with Crippen LogP contribution in [0.2, 0.25) is 0 Å². The molecule has 0 amide bonds. The lowest BCUT2D eigenvalue weighted by molar-refractivity contribution is 0.109. The number of hydrogen-bond donors (Lipinski definition) is 2. The molecule has 2 aliphatic rings. The minimum absolute atomic E-state index is 0.218. The van der Waals surface area contributed by atoms with E-state index in [1.165, 1.54) is 25.8 Å². The van der Waals surface area contributed by atoms with Crippen LogP contribution in [0.3, 0.4) is 0 Å². The predicted molar refractivity (Wildman–Crippen MR) is 82.2 cm³/mol. The van der Waals surface area contributed by atoms with E-state index in [0.29, 0.717) is 12.1 Å². The van der Waals surface area contributed by atoms with E-state index in [9.17, 15) is 0 Å². The number of hydrogen-bond acceptors (Lipinski definition) is 3. The Morgan fingerprint density at radius 1 is 1.16 bits per heavy atom. The molecule has 2 heterocycles. The molecule has 0 spiro atoms. The molecule has 0 aliphatic carbocycles. The highest BCUT2D eigenvalue weighted by Gasteiger charge is 2.26. The standard InChI is InChI=1S/C16H29N3/c1-16(2,3)19(12-14-8-4-6-10-17-14)13-15-9-5-7-11-18-15/h4,6,8,10,14-15,17-18H,5,7,9,11-13H2,1-3H3. The van der Waals surface area contributed by atoms with Crippen LogP contribution >= 0.6 is 0 Å². The summed E-state index contributed by atoms with van der Waals surface area (Å²) in [5, 5.41) is 7.09. The van der Waals surface area contributed by atoms with Crippen molar-refractivity contribution in [2.24, 2.45) is 0 Å². The molecule has 2 rings (SSSR count). The predicted octanol–water partition coefficient (Wildman–Crippen LogP) is 2.27. The molecular formula is C16H29N3. The average Bonchev–Trinajstić information content (AvgIpc) is 2.39. The molecule has 1 saturated heterocycles. The van der Waals surface area contributed by atoms with Crippen molar-refractivity contribution in [3.8, 4) is 0 Å².